The quantitative estimate of drug-likeness (QED) is 0.159. The lowest BCUT2D eigenvalue weighted by Crippen LogP contribution is -2.52. The zero-order valence-electron chi connectivity index (χ0n) is 44.1. The first kappa shape index (κ1) is 49.9. The molecule has 8 aromatic rings. The summed E-state index contributed by atoms with van der Waals surface area (Å²) in [5.41, 5.74) is 12.5. The molecule has 14 heteroatoms. The number of benzene rings is 4. The normalized spacial score (nSPS) is 17.1. The Kier molecular flexibility index (Phi) is 14.0. The zero-order valence-corrected chi connectivity index (χ0v) is 44.1. The fourth-order valence-corrected chi connectivity index (χ4v) is 12.1. The third-order valence-electron chi connectivity index (χ3n) is 16.3. The standard InChI is InChI=1S/C55H55N7O6.C8H11N/c1-36-10-16-46(17-11-36)68-55(66)59-22-19-38-29-47(48(30-41(38)33-59)53(64)61-34-40-8-4-3-7-37(40)27-44(61)35-58-23-25-67-26-24-58)51-31-49(50-9-5-6-20-60(50)51)54(65)62(42-12-14-45(63)15-13-42)43-28-39-18-21-57(2)52(39)56-32-43;1-2-6-9-7-3-5-8(9)4-1/h3-4,7-8,10-18,21,28-32,44,63H,5-6,9,19-20,22-27,33-35H2,1-2H3;3,5,7H,1-2,4,6H2/t44-;/m0./s1. The molecule has 4 aromatic heterocycles. The van der Waals surface area contributed by atoms with Crippen molar-refractivity contribution in [3.8, 4) is 22.8 Å². The minimum absolute atomic E-state index is 0.0814. The molecule has 3 amide bonds. The van der Waals surface area contributed by atoms with Gasteiger partial charge in [0.1, 0.15) is 17.1 Å². The van der Waals surface area contributed by atoms with Gasteiger partial charge in [0.15, 0.2) is 0 Å². The van der Waals surface area contributed by atoms with E-state index in [4.69, 9.17) is 14.5 Å². The highest BCUT2D eigenvalue weighted by Gasteiger charge is 2.36. The highest BCUT2D eigenvalue weighted by atomic mass is 16.6. The first-order chi connectivity index (χ1) is 37.6. The van der Waals surface area contributed by atoms with Gasteiger partial charge in [-0.2, -0.15) is 0 Å². The predicted octanol–water partition coefficient (Wildman–Crippen LogP) is 10.7. The Morgan fingerprint density at radius 1 is 0.727 bits per heavy atom. The van der Waals surface area contributed by atoms with E-state index in [2.05, 4.69) is 61.5 Å². The van der Waals surface area contributed by atoms with Crippen molar-refractivity contribution in [1.29, 1.82) is 0 Å². The molecule has 394 valence electrons. The van der Waals surface area contributed by atoms with Gasteiger partial charge in [0.05, 0.1) is 30.7 Å². The zero-order chi connectivity index (χ0) is 52.6. The molecule has 1 saturated heterocycles. The van der Waals surface area contributed by atoms with E-state index in [0.29, 0.717) is 73.9 Å². The van der Waals surface area contributed by atoms with Gasteiger partial charge in [-0.05, 0) is 159 Å². The Bertz CT molecular complexity index is 3460. The lowest BCUT2D eigenvalue weighted by Gasteiger charge is -2.41. The number of morpholine rings is 1. The number of carbonyl (C=O) groups is 3. The van der Waals surface area contributed by atoms with Gasteiger partial charge >= 0.3 is 6.09 Å². The summed E-state index contributed by atoms with van der Waals surface area (Å²) >= 11 is 0. The molecule has 5 aliphatic heterocycles. The molecule has 14 nitrogen and oxygen atoms in total. The summed E-state index contributed by atoms with van der Waals surface area (Å²) in [6, 6.07) is 36.9. The number of aryl methyl sites for hydroxylation is 4. The highest BCUT2D eigenvalue weighted by Crippen LogP contribution is 2.40. The minimum atomic E-state index is -0.432. The topological polar surface area (TPSA) is 131 Å². The molecule has 0 radical (unpaired) electrons. The van der Waals surface area contributed by atoms with Crippen LogP contribution in [-0.4, -0.2) is 102 Å². The number of aromatic hydroxyl groups is 1. The van der Waals surface area contributed by atoms with Crippen LogP contribution < -0.4 is 9.64 Å². The van der Waals surface area contributed by atoms with Gasteiger partial charge in [-0.1, -0.05) is 42.0 Å². The molecule has 4 aromatic carbocycles. The number of phenols is 1. The maximum absolute atomic E-state index is 15.8. The Balaban J connectivity index is 0.000000597. The number of hydrogen-bond donors (Lipinski definition) is 1. The van der Waals surface area contributed by atoms with Crippen LogP contribution in [0.5, 0.6) is 11.5 Å². The first-order valence-corrected chi connectivity index (χ1v) is 27.4. The lowest BCUT2D eigenvalue weighted by atomic mass is 9.89. The number of rotatable bonds is 8. The van der Waals surface area contributed by atoms with E-state index in [-0.39, 0.29) is 30.2 Å². The Hall–Kier alpha value is -7.94. The van der Waals surface area contributed by atoms with E-state index in [1.54, 1.807) is 52.4 Å². The summed E-state index contributed by atoms with van der Waals surface area (Å²) in [6.07, 6.45) is 13.3. The van der Waals surface area contributed by atoms with Crippen LogP contribution in [0.3, 0.4) is 0 Å². The molecule has 0 aliphatic carbocycles. The third-order valence-corrected chi connectivity index (χ3v) is 16.3. The second-order valence-corrected chi connectivity index (χ2v) is 21.3. The average Bonchev–Trinajstić information content (AvgIpc) is 4.22. The molecule has 0 saturated carbocycles. The fraction of sp³-hybridized carbons (Fsp3) is 0.333. The van der Waals surface area contributed by atoms with Crippen molar-refractivity contribution < 1.29 is 29.0 Å². The molecule has 0 spiro atoms. The molecule has 13 rings (SSSR count). The van der Waals surface area contributed by atoms with E-state index in [9.17, 15) is 9.90 Å². The Labute approximate surface area is 449 Å². The van der Waals surface area contributed by atoms with Crippen LogP contribution in [0.25, 0.3) is 22.3 Å². The lowest BCUT2D eigenvalue weighted by molar-refractivity contribution is 0.0193. The molecular formula is C63H66N8O6. The van der Waals surface area contributed by atoms with Crippen molar-refractivity contribution in [2.45, 2.75) is 90.5 Å². The largest absolute Gasteiger partial charge is 0.508 e. The van der Waals surface area contributed by atoms with Crippen molar-refractivity contribution in [3.63, 3.8) is 0 Å². The summed E-state index contributed by atoms with van der Waals surface area (Å²) in [6.45, 7) is 8.79. The average molecular weight is 1030 g/mol. The van der Waals surface area contributed by atoms with E-state index >= 15 is 9.59 Å². The number of aromatic nitrogens is 4. The molecule has 1 fully saturated rings. The van der Waals surface area contributed by atoms with Crippen LogP contribution in [0, 0.1) is 6.92 Å². The van der Waals surface area contributed by atoms with E-state index < -0.39 is 6.09 Å². The van der Waals surface area contributed by atoms with Crippen LogP contribution in [-0.2, 0) is 63.6 Å². The van der Waals surface area contributed by atoms with Crippen LogP contribution in [0.1, 0.15) is 85.6 Å². The summed E-state index contributed by atoms with van der Waals surface area (Å²) in [5.74, 6) is 0.277. The minimum Gasteiger partial charge on any atom is -0.508 e. The maximum Gasteiger partial charge on any atom is 0.415 e. The van der Waals surface area contributed by atoms with Crippen molar-refractivity contribution in [1.82, 2.24) is 33.4 Å². The molecule has 1 atom stereocenters. The number of hydrogen-bond acceptors (Lipinski definition) is 8. The fourth-order valence-electron chi connectivity index (χ4n) is 12.1. The van der Waals surface area contributed by atoms with Gasteiger partial charge in [-0.25, -0.2) is 9.78 Å². The number of pyridine rings is 1. The van der Waals surface area contributed by atoms with Gasteiger partial charge in [-0.15, -0.1) is 0 Å². The summed E-state index contributed by atoms with van der Waals surface area (Å²) in [7, 11) is 1.94. The number of fused-ring (bicyclic) bond motifs is 5. The van der Waals surface area contributed by atoms with E-state index in [1.807, 2.05) is 67.2 Å². The first-order valence-electron chi connectivity index (χ1n) is 27.4. The molecule has 0 bridgehead atoms. The predicted molar refractivity (Wildman–Crippen MR) is 298 cm³/mol. The molecule has 77 heavy (non-hydrogen) atoms. The summed E-state index contributed by atoms with van der Waals surface area (Å²) in [5, 5.41) is 11.2. The van der Waals surface area contributed by atoms with Crippen molar-refractivity contribution >= 4 is 40.3 Å². The number of anilines is 2. The van der Waals surface area contributed by atoms with E-state index in [0.717, 1.165) is 89.1 Å². The summed E-state index contributed by atoms with van der Waals surface area (Å²) in [4.78, 5) is 57.6. The molecule has 0 unspecified atom stereocenters. The van der Waals surface area contributed by atoms with Crippen LogP contribution in [0.2, 0.25) is 0 Å². The SMILES string of the molecule is Cc1ccc(OC(=O)N2CCc3cc(-c4cc(C(=O)N(c5ccc(O)cc5)c5cnc6c(ccn6C)c5)c5n4CCCC5)c(C(=O)N4Cc5ccccc5C[C@H]4CN4CCOCC4)cc3C2)cc1.c1cc2n(c1)CCCC2. The number of amides is 3. The Morgan fingerprint density at radius 3 is 2.34 bits per heavy atom. The molecule has 9 heterocycles. The van der Waals surface area contributed by atoms with Gasteiger partial charge < -0.3 is 38.1 Å². The molecule has 5 aliphatic rings. The Morgan fingerprint density at radius 2 is 1.52 bits per heavy atom. The van der Waals surface area contributed by atoms with Crippen LogP contribution in [0.4, 0.5) is 16.2 Å². The van der Waals surface area contributed by atoms with Gasteiger partial charge in [0.2, 0.25) is 0 Å². The van der Waals surface area contributed by atoms with Crippen molar-refractivity contribution in [2.24, 2.45) is 7.05 Å². The van der Waals surface area contributed by atoms with Crippen LogP contribution >= 0.6 is 0 Å². The highest BCUT2D eigenvalue weighted by molar-refractivity contribution is 6.13. The van der Waals surface area contributed by atoms with Crippen molar-refractivity contribution in [3.05, 3.63) is 184 Å². The maximum atomic E-state index is 15.8. The number of nitrogens with zero attached hydrogens (tertiary/aromatic N) is 8. The third kappa shape index (κ3) is 10.3. The van der Waals surface area contributed by atoms with Gasteiger partial charge in [-0.3, -0.25) is 19.4 Å². The summed E-state index contributed by atoms with van der Waals surface area (Å²) < 4.78 is 18.1. The second-order valence-electron chi connectivity index (χ2n) is 21.3. The number of phenolic OH excluding ortho intramolecular Hbond substituents is 1. The molecular weight excluding hydrogens is 965 g/mol. The number of ether oxygens (including phenoxy) is 2. The van der Waals surface area contributed by atoms with Crippen molar-refractivity contribution in [2.75, 3.05) is 44.3 Å². The van der Waals surface area contributed by atoms with Gasteiger partial charge in [0.25, 0.3) is 11.8 Å². The van der Waals surface area contributed by atoms with E-state index in [1.165, 1.54) is 37.1 Å². The monoisotopic (exact) mass is 1030 g/mol. The second kappa shape index (κ2) is 21.6. The van der Waals surface area contributed by atoms with Crippen LogP contribution in [0.15, 0.2) is 134 Å². The number of carbonyl (C=O) groups excluding carboxylic acids is 3. The smallest absolute Gasteiger partial charge is 0.415 e. The van der Waals surface area contributed by atoms with Gasteiger partial charge in [0, 0.05) is 117 Å². The molecule has 1 N–H and O–H groups in total.